The number of hydrogen-bond donors (Lipinski definition) is 2. The van der Waals surface area contributed by atoms with Crippen LogP contribution in [0.5, 0.6) is 0 Å². The largest absolute Gasteiger partial charge is 0.385 e. The van der Waals surface area contributed by atoms with Gasteiger partial charge in [0.25, 0.3) is 5.56 Å². The van der Waals surface area contributed by atoms with Crippen LogP contribution in [0.2, 0.25) is 44.3 Å². The van der Waals surface area contributed by atoms with Crippen LogP contribution in [-0.2, 0) is 23.7 Å². The molecule has 4 atom stereocenters. The van der Waals surface area contributed by atoms with E-state index < -0.39 is 68.1 Å². The van der Waals surface area contributed by atoms with Crippen LogP contribution >= 0.6 is 0 Å². The Bertz CT molecular complexity index is 1190. The highest BCUT2D eigenvalue weighted by Gasteiger charge is 2.57. The molecule has 1 aliphatic rings. The predicted molar refractivity (Wildman–Crippen MR) is 201 cm³/mol. The summed E-state index contributed by atoms with van der Waals surface area (Å²) in [6.07, 6.45) is -2.77. The number of aromatic amines is 1. The van der Waals surface area contributed by atoms with E-state index in [1.54, 1.807) is 0 Å². The maximum atomic E-state index is 12.8. The molecule has 1 saturated heterocycles. The number of nitrogens with one attached hydrogen (secondary N) is 1. The Labute approximate surface area is 289 Å². The van der Waals surface area contributed by atoms with Crippen LogP contribution < -0.4 is 11.2 Å². The zero-order chi connectivity index (χ0) is 36.2. The number of aliphatic hydroxyl groups excluding tert-OH is 1. The molecule has 14 heteroatoms. The van der Waals surface area contributed by atoms with E-state index in [2.05, 4.69) is 116 Å². The van der Waals surface area contributed by atoms with Gasteiger partial charge in [-0.05, 0) is 22.2 Å². The quantitative estimate of drug-likeness (QED) is 0.0957. The van der Waals surface area contributed by atoms with Gasteiger partial charge >= 0.3 is 5.69 Å². The molecular weight excluding hydrogens is 665 g/mol. The fourth-order valence-corrected chi connectivity index (χ4v) is 46.5. The number of ether oxygens (including phenoxy) is 1. The average molecular weight is 733 g/mol. The Kier molecular flexibility index (Phi) is 15.8. The van der Waals surface area contributed by atoms with Crippen molar-refractivity contribution < 1.29 is 28.8 Å². The molecule has 0 radical (unpaired) electrons. The molecule has 2 rings (SSSR count). The highest BCUT2D eigenvalue weighted by molar-refractivity contribution is 7.32. The molecule has 1 fully saturated rings. The Morgan fingerprint density at radius 3 is 1.57 bits per heavy atom. The Balaban J connectivity index is 2.55. The van der Waals surface area contributed by atoms with Crippen molar-refractivity contribution in [3.05, 3.63) is 33.1 Å². The van der Waals surface area contributed by atoms with Gasteiger partial charge in [0.2, 0.25) is 15.7 Å². The molecule has 47 heavy (non-hydrogen) atoms. The van der Waals surface area contributed by atoms with Crippen LogP contribution in [0.3, 0.4) is 0 Å². The van der Waals surface area contributed by atoms with Gasteiger partial charge in [-0.15, -0.1) is 0 Å². The minimum Gasteiger partial charge on any atom is -0.385 e. The summed E-state index contributed by atoms with van der Waals surface area (Å²) in [4.78, 5) is 39.6. The third-order valence-corrected chi connectivity index (χ3v) is 49.4. The second-order valence-electron chi connectivity index (χ2n) is 16.4. The van der Waals surface area contributed by atoms with Crippen LogP contribution in [0.1, 0.15) is 117 Å². The van der Waals surface area contributed by atoms with E-state index >= 15 is 0 Å². The zero-order valence-electron chi connectivity index (χ0n) is 32.2. The molecule has 2 N–H and O–H groups in total. The fraction of sp³-hybridized carbons (Fsp3) is 0.879. The number of aromatic nitrogens is 2. The van der Waals surface area contributed by atoms with Crippen molar-refractivity contribution in [3.8, 4) is 0 Å². The molecule has 0 amide bonds. The lowest BCUT2D eigenvalue weighted by Crippen LogP contribution is -2.62. The molecule has 1 aliphatic heterocycles. The second-order valence-corrected chi connectivity index (χ2v) is 41.7. The zero-order valence-corrected chi connectivity index (χ0v) is 36.5. The van der Waals surface area contributed by atoms with Crippen LogP contribution in [0.4, 0.5) is 0 Å². The molecule has 1 aromatic heterocycles. The highest BCUT2D eigenvalue weighted by atomic mass is 29.2. The first kappa shape index (κ1) is 42.5. The van der Waals surface area contributed by atoms with E-state index in [-0.39, 0.29) is 17.7 Å². The van der Waals surface area contributed by atoms with Crippen molar-refractivity contribution in [2.24, 2.45) is 0 Å². The molecule has 2 heterocycles. The molecule has 0 bridgehead atoms. The lowest BCUT2D eigenvalue weighted by molar-refractivity contribution is -0.296. The Hall–Kier alpha value is -0.692. The van der Waals surface area contributed by atoms with Gasteiger partial charge in [0.15, 0.2) is 12.3 Å². The van der Waals surface area contributed by atoms with Crippen molar-refractivity contribution in [2.75, 3.05) is 6.61 Å². The van der Waals surface area contributed by atoms with E-state index in [1.165, 1.54) is 16.8 Å². The fourth-order valence-electron chi connectivity index (χ4n) is 9.16. The predicted octanol–water partition coefficient (Wildman–Crippen LogP) is 6.84. The molecule has 0 spiro atoms. The molecule has 1 aromatic rings. The van der Waals surface area contributed by atoms with Gasteiger partial charge in [-0.2, -0.15) is 0 Å². The lowest BCUT2D eigenvalue weighted by Gasteiger charge is -2.46. The van der Waals surface area contributed by atoms with Crippen molar-refractivity contribution in [2.45, 2.75) is 180 Å². The van der Waals surface area contributed by atoms with Gasteiger partial charge in [-0.3, -0.25) is 23.5 Å². The first-order valence-corrected chi connectivity index (χ1v) is 28.4. The molecule has 0 saturated carbocycles. The summed E-state index contributed by atoms with van der Waals surface area (Å²) in [5.41, 5.74) is 2.17. The van der Waals surface area contributed by atoms with Crippen LogP contribution in [0.25, 0.3) is 0 Å². The SMILES string of the molecule is CC(C)[SiH](C(C)C)[Si](OOC[C@H]1OC(n2ccc(=O)[nH]c2=O)[C@@H](O)[C@@H]1OO[Si](C(C)C)(C(C)C)[SiH](C(C)C)C(C)C)(C(C)C)C(C)C. The molecular formula is C33H68N2O8Si4. The van der Waals surface area contributed by atoms with Gasteiger partial charge in [-0.1, -0.05) is 133 Å². The van der Waals surface area contributed by atoms with Crippen LogP contribution in [0.15, 0.2) is 21.9 Å². The normalized spacial score (nSPS) is 21.6. The van der Waals surface area contributed by atoms with Gasteiger partial charge in [-0.25, -0.2) is 14.6 Å². The third-order valence-electron chi connectivity index (χ3n) is 10.7. The van der Waals surface area contributed by atoms with E-state index in [4.69, 9.17) is 23.7 Å². The summed E-state index contributed by atoms with van der Waals surface area (Å²) in [6.45, 7) is 36.5. The maximum Gasteiger partial charge on any atom is 0.330 e. The summed E-state index contributed by atoms with van der Waals surface area (Å²) in [7, 11) is -7.83. The summed E-state index contributed by atoms with van der Waals surface area (Å²) in [5, 5.41) is 11.7. The van der Waals surface area contributed by atoms with E-state index in [0.29, 0.717) is 33.2 Å². The first-order valence-electron chi connectivity index (χ1n) is 18.0. The molecule has 10 nitrogen and oxygen atoms in total. The third kappa shape index (κ3) is 8.97. The van der Waals surface area contributed by atoms with Crippen LogP contribution in [-0.4, -0.2) is 71.9 Å². The minimum atomic E-state index is -2.51. The number of rotatable bonds is 18. The van der Waals surface area contributed by atoms with E-state index in [1.807, 2.05) is 0 Å². The molecule has 0 aromatic carbocycles. The van der Waals surface area contributed by atoms with Crippen molar-refractivity contribution in [1.29, 1.82) is 0 Å². The summed E-state index contributed by atoms with van der Waals surface area (Å²) >= 11 is 0. The monoisotopic (exact) mass is 732 g/mol. The first-order chi connectivity index (χ1) is 21.7. The molecule has 1 unspecified atom stereocenters. The Morgan fingerprint density at radius 2 is 1.19 bits per heavy atom. The van der Waals surface area contributed by atoms with Gasteiger partial charge in [0, 0.05) is 12.3 Å². The number of H-pyrrole nitrogens is 1. The standard InChI is InChI=1S/C33H68N2O8Si4/c1-20(2)44(21(3)4)46(24(9)10,25(11)12)42-39-19-28-31(30(37)32(40-28)35-18-17-29(36)34-33(35)38)41-43-47(26(13)14,27(15)16)45(22(5)6)23(7)8/h17-18,20-28,30-32,37,44-45H,19H2,1-16H3,(H,34,36,38)/t28-,30+,31-,32?/m1/s1. The summed E-state index contributed by atoms with van der Waals surface area (Å²) < 4.78 is 21.1. The average Bonchev–Trinajstić information content (AvgIpc) is 3.22. The van der Waals surface area contributed by atoms with Crippen molar-refractivity contribution in [1.82, 2.24) is 9.55 Å². The van der Waals surface area contributed by atoms with Crippen molar-refractivity contribution in [3.63, 3.8) is 0 Å². The van der Waals surface area contributed by atoms with Crippen molar-refractivity contribution >= 4 is 32.3 Å². The van der Waals surface area contributed by atoms with E-state index in [9.17, 15) is 14.7 Å². The molecule has 274 valence electrons. The minimum absolute atomic E-state index is 0.00166. The second kappa shape index (κ2) is 17.5. The Morgan fingerprint density at radius 1 is 0.766 bits per heavy atom. The smallest absolute Gasteiger partial charge is 0.330 e. The maximum absolute atomic E-state index is 12.8. The number of nitrogens with zero attached hydrogens (tertiary/aromatic N) is 1. The van der Waals surface area contributed by atoms with Gasteiger partial charge in [0.05, 0.1) is 16.6 Å². The number of hydrogen-bond acceptors (Lipinski definition) is 8. The highest BCUT2D eigenvalue weighted by Crippen LogP contribution is 2.45. The van der Waals surface area contributed by atoms with Crippen LogP contribution in [0, 0.1) is 0 Å². The van der Waals surface area contributed by atoms with Gasteiger partial charge < -0.3 is 9.84 Å². The van der Waals surface area contributed by atoms with Gasteiger partial charge in [0.1, 0.15) is 18.8 Å². The molecule has 0 aliphatic carbocycles. The number of aliphatic hydroxyl groups is 1. The summed E-state index contributed by atoms with van der Waals surface area (Å²) in [5.74, 6) is 0. The lowest BCUT2D eigenvalue weighted by atomic mass is 10.1. The van der Waals surface area contributed by atoms with E-state index in [0.717, 1.165) is 0 Å². The summed E-state index contributed by atoms with van der Waals surface area (Å²) in [6, 6.07) is 1.24. The topological polar surface area (TPSA) is 121 Å².